The van der Waals surface area contributed by atoms with Crippen molar-refractivity contribution < 1.29 is 19.6 Å². The monoisotopic (exact) mass is 447 g/mol. The van der Waals surface area contributed by atoms with Crippen LogP contribution >= 0.6 is 0 Å². The molecule has 7 N–H and O–H groups in total. The zero-order valence-corrected chi connectivity index (χ0v) is 19.8. The summed E-state index contributed by atoms with van der Waals surface area (Å²) in [4.78, 5) is 29.5. The summed E-state index contributed by atoms with van der Waals surface area (Å²) in [5.74, 6) is -1.09. The summed E-state index contributed by atoms with van der Waals surface area (Å²) < 4.78 is 0. The maximum absolute atomic E-state index is 12.9. The van der Waals surface area contributed by atoms with E-state index in [1.807, 2.05) is 45.9 Å². The van der Waals surface area contributed by atoms with Gasteiger partial charge in [-0.2, -0.15) is 0 Å². The molecule has 0 saturated heterocycles. The van der Waals surface area contributed by atoms with Crippen LogP contribution in [-0.2, 0) is 16.0 Å². The molecule has 0 aromatic heterocycles. The minimum Gasteiger partial charge on any atom is -0.426 e. The summed E-state index contributed by atoms with van der Waals surface area (Å²) in [6.07, 6.45) is 1.46. The second kappa shape index (κ2) is 13.7. The SMILES string of the molecule is CN=C(N)NCCC[C@H](NC(=O)Cc1cc(C)ccc1C)C(=O)N[C@@H](CC(C)C)B(O)O. The van der Waals surface area contributed by atoms with Crippen molar-refractivity contribution in [2.75, 3.05) is 13.6 Å². The van der Waals surface area contributed by atoms with Crippen molar-refractivity contribution >= 4 is 24.9 Å². The second-order valence-electron chi connectivity index (χ2n) is 8.56. The molecule has 0 fully saturated rings. The molecule has 0 heterocycles. The molecular weight excluding hydrogens is 409 g/mol. The minimum absolute atomic E-state index is 0.153. The fourth-order valence-electron chi connectivity index (χ4n) is 3.33. The Morgan fingerprint density at radius 3 is 2.47 bits per heavy atom. The van der Waals surface area contributed by atoms with Gasteiger partial charge in [0, 0.05) is 13.6 Å². The molecule has 0 spiro atoms. The molecule has 0 radical (unpaired) electrons. The lowest BCUT2D eigenvalue weighted by Gasteiger charge is -2.24. The average molecular weight is 447 g/mol. The number of nitrogens with two attached hydrogens (primary N) is 1. The van der Waals surface area contributed by atoms with Gasteiger partial charge in [0.1, 0.15) is 6.04 Å². The first-order valence-corrected chi connectivity index (χ1v) is 11.0. The number of aryl methyl sites for hydroxylation is 2. The van der Waals surface area contributed by atoms with Crippen molar-refractivity contribution in [2.24, 2.45) is 16.6 Å². The first kappa shape index (κ1) is 27.4. The van der Waals surface area contributed by atoms with Crippen LogP contribution < -0.4 is 21.7 Å². The number of guanidine groups is 1. The summed E-state index contributed by atoms with van der Waals surface area (Å²) in [6, 6.07) is 5.09. The van der Waals surface area contributed by atoms with Gasteiger partial charge in [0.25, 0.3) is 0 Å². The highest BCUT2D eigenvalue weighted by atomic mass is 16.4. The maximum Gasteiger partial charge on any atom is 0.475 e. The lowest BCUT2D eigenvalue weighted by atomic mass is 9.75. The molecule has 0 bridgehead atoms. The minimum atomic E-state index is -1.69. The van der Waals surface area contributed by atoms with Crippen LogP contribution in [0.25, 0.3) is 0 Å². The molecule has 0 aliphatic carbocycles. The number of amides is 2. The van der Waals surface area contributed by atoms with Crippen molar-refractivity contribution in [1.29, 1.82) is 0 Å². The van der Waals surface area contributed by atoms with E-state index in [2.05, 4.69) is 20.9 Å². The quantitative estimate of drug-likeness (QED) is 0.117. The first-order valence-electron chi connectivity index (χ1n) is 11.0. The van der Waals surface area contributed by atoms with Gasteiger partial charge in [-0.05, 0) is 50.2 Å². The van der Waals surface area contributed by atoms with E-state index in [0.29, 0.717) is 31.8 Å². The van der Waals surface area contributed by atoms with Gasteiger partial charge in [-0.25, -0.2) is 0 Å². The van der Waals surface area contributed by atoms with E-state index in [-0.39, 0.29) is 18.2 Å². The van der Waals surface area contributed by atoms with Gasteiger partial charge in [0.05, 0.1) is 12.4 Å². The highest BCUT2D eigenvalue weighted by Crippen LogP contribution is 2.12. The predicted molar refractivity (Wildman–Crippen MR) is 128 cm³/mol. The van der Waals surface area contributed by atoms with Crippen LogP contribution in [0.1, 0.15) is 49.8 Å². The van der Waals surface area contributed by atoms with Gasteiger partial charge in [-0.1, -0.05) is 37.6 Å². The summed E-state index contributed by atoms with van der Waals surface area (Å²) in [7, 11) is -0.115. The molecule has 0 saturated carbocycles. The topological polar surface area (TPSA) is 149 Å². The van der Waals surface area contributed by atoms with Gasteiger partial charge >= 0.3 is 7.12 Å². The Hall–Kier alpha value is -2.59. The van der Waals surface area contributed by atoms with E-state index in [0.717, 1.165) is 16.7 Å². The van der Waals surface area contributed by atoms with E-state index in [1.54, 1.807) is 7.05 Å². The summed E-state index contributed by atoms with van der Waals surface area (Å²) in [5.41, 5.74) is 8.59. The van der Waals surface area contributed by atoms with Crippen LogP contribution in [0.2, 0.25) is 0 Å². The molecule has 178 valence electrons. The molecule has 32 heavy (non-hydrogen) atoms. The Morgan fingerprint density at radius 1 is 1.19 bits per heavy atom. The van der Waals surface area contributed by atoms with Gasteiger partial charge < -0.3 is 31.7 Å². The van der Waals surface area contributed by atoms with Crippen molar-refractivity contribution in [1.82, 2.24) is 16.0 Å². The third-order valence-electron chi connectivity index (χ3n) is 5.14. The first-order chi connectivity index (χ1) is 15.0. The van der Waals surface area contributed by atoms with Crippen LogP contribution in [0.4, 0.5) is 0 Å². The van der Waals surface area contributed by atoms with Crippen molar-refractivity contribution in [3.8, 4) is 0 Å². The number of benzene rings is 1. The number of carbonyl (C=O) groups excluding carboxylic acids is 2. The maximum atomic E-state index is 12.9. The number of nitrogens with one attached hydrogen (secondary N) is 3. The fourth-order valence-corrected chi connectivity index (χ4v) is 3.33. The van der Waals surface area contributed by atoms with Gasteiger partial charge in [-0.3, -0.25) is 14.6 Å². The summed E-state index contributed by atoms with van der Waals surface area (Å²) in [5, 5.41) is 27.7. The molecule has 2 atom stereocenters. The molecule has 1 rings (SSSR count). The zero-order valence-electron chi connectivity index (χ0n) is 19.8. The molecule has 0 unspecified atom stereocenters. The van der Waals surface area contributed by atoms with Crippen molar-refractivity contribution in [2.45, 2.75) is 65.4 Å². The Bertz CT molecular complexity index is 786. The Kier molecular flexibility index (Phi) is 11.8. The molecule has 10 heteroatoms. The molecule has 1 aromatic carbocycles. The van der Waals surface area contributed by atoms with E-state index in [1.165, 1.54) is 0 Å². The molecular formula is C22H38BN5O4. The second-order valence-corrected chi connectivity index (χ2v) is 8.56. The molecule has 1 aromatic rings. The lowest BCUT2D eigenvalue weighted by molar-refractivity contribution is -0.129. The lowest BCUT2D eigenvalue weighted by Crippen LogP contribution is -2.54. The zero-order chi connectivity index (χ0) is 24.3. The van der Waals surface area contributed by atoms with Crippen LogP contribution in [0.15, 0.2) is 23.2 Å². The Balaban J connectivity index is 2.86. The number of aliphatic imine (C=N–C) groups is 1. The van der Waals surface area contributed by atoms with Crippen molar-refractivity contribution in [3.05, 3.63) is 34.9 Å². The third kappa shape index (κ3) is 10.1. The van der Waals surface area contributed by atoms with Crippen LogP contribution in [0.3, 0.4) is 0 Å². The van der Waals surface area contributed by atoms with E-state index >= 15 is 0 Å². The summed E-state index contributed by atoms with van der Waals surface area (Å²) in [6.45, 7) is 8.24. The highest BCUT2D eigenvalue weighted by Gasteiger charge is 2.29. The fraction of sp³-hybridized carbons (Fsp3) is 0.591. The van der Waals surface area contributed by atoms with Gasteiger partial charge in [0.15, 0.2) is 5.96 Å². The van der Waals surface area contributed by atoms with E-state index < -0.39 is 25.0 Å². The Labute approximate surface area is 191 Å². The van der Waals surface area contributed by atoms with Gasteiger partial charge in [-0.15, -0.1) is 0 Å². The van der Waals surface area contributed by atoms with Crippen LogP contribution in [0, 0.1) is 19.8 Å². The standard InChI is InChI=1S/C22H38BN5O4/c1-14(2)11-19(23(31)32)28-21(30)18(7-6-10-26-22(24)25-5)27-20(29)13-17-12-15(3)8-9-16(17)4/h8-9,12,14,18-19,31-32H,6-7,10-11,13H2,1-5H3,(H,27,29)(H,28,30)(H3,24,25,26)/t18-,19-/m0/s1. The molecule has 0 aliphatic heterocycles. The summed E-state index contributed by atoms with van der Waals surface area (Å²) >= 11 is 0. The number of carbonyl (C=O) groups is 2. The number of hydrogen-bond acceptors (Lipinski definition) is 5. The van der Waals surface area contributed by atoms with Crippen molar-refractivity contribution in [3.63, 3.8) is 0 Å². The van der Waals surface area contributed by atoms with Gasteiger partial charge in [0.2, 0.25) is 11.8 Å². The molecule has 9 nitrogen and oxygen atoms in total. The van der Waals surface area contributed by atoms with Crippen LogP contribution in [0.5, 0.6) is 0 Å². The Morgan fingerprint density at radius 2 is 1.88 bits per heavy atom. The largest absolute Gasteiger partial charge is 0.475 e. The highest BCUT2D eigenvalue weighted by molar-refractivity contribution is 6.43. The van der Waals surface area contributed by atoms with E-state index in [4.69, 9.17) is 5.73 Å². The normalized spacial score (nSPS) is 13.4. The average Bonchev–Trinajstić information content (AvgIpc) is 2.71. The van der Waals surface area contributed by atoms with Crippen LogP contribution in [-0.4, -0.2) is 60.5 Å². The smallest absolute Gasteiger partial charge is 0.426 e. The number of rotatable bonds is 12. The third-order valence-corrected chi connectivity index (χ3v) is 5.14. The number of nitrogens with zero attached hydrogens (tertiary/aromatic N) is 1. The number of hydrogen-bond donors (Lipinski definition) is 6. The predicted octanol–water partition coefficient (Wildman–Crippen LogP) is 0.188. The molecule has 0 aliphatic rings. The molecule has 2 amide bonds. The van der Waals surface area contributed by atoms with E-state index in [9.17, 15) is 19.6 Å².